The Balaban J connectivity index is 1.69. The summed E-state index contributed by atoms with van der Waals surface area (Å²) in [7, 11) is 1.45. The lowest BCUT2D eigenvalue weighted by molar-refractivity contribution is -0.384. The molecular formula is C18H13N3O6. The van der Waals surface area contributed by atoms with Crippen molar-refractivity contribution in [3.8, 4) is 5.75 Å². The van der Waals surface area contributed by atoms with Gasteiger partial charge < -0.3 is 9.57 Å². The van der Waals surface area contributed by atoms with Gasteiger partial charge in [-0.05, 0) is 24.3 Å². The summed E-state index contributed by atoms with van der Waals surface area (Å²) >= 11 is 0. The molecule has 0 spiro atoms. The fourth-order valence-electron chi connectivity index (χ4n) is 3.22. The molecule has 0 saturated carbocycles. The minimum absolute atomic E-state index is 0.0840. The van der Waals surface area contributed by atoms with E-state index in [0.29, 0.717) is 17.0 Å². The summed E-state index contributed by atoms with van der Waals surface area (Å²) < 4.78 is 5.24. The maximum atomic E-state index is 13.0. The summed E-state index contributed by atoms with van der Waals surface area (Å²) in [6.45, 7) is 0. The smallest absolute Gasteiger partial charge is 0.279 e. The Morgan fingerprint density at radius 2 is 1.81 bits per heavy atom. The molecule has 0 radical (unpaired) electrons. The van der Waals surface area contributed by atoms with Crippen molar-refractivity contribution < 1.29 is 24.1 Å². The fraction of sp³-hybridized carbons (Fsp3) is 0.167. The number of nitro groups is 1. The van der Waals surface area contributed by atoms with E-state index in [1.54, 1.807) is 24.3 Å². The lowest BCUT2D eigenvalue weighted by Crippen LogP contribution is -2.33. The Morgan fingerprint density at radius 1 is 1.11 bits per heavy atom. The molecule has 0 N–H and O–H groups in total. The third-order valence-corrected chi connectivity index (χ3v) is 4.51. The number of hydrogen-bond acceptors (Lipinski definition) is 7. The molecule has 2 aromatic carbocycles. The molecule has 2 aliphatic rings. The molecule has 2 aromatic rings. The summed E-state index contributed by atoms with van der Waals surface area (Å²) in [5.41, 5.74) is 0.997. The van der Waals surface area contributed by atoms with Gasteiger partial charge in [-0.1, -0.05) is 17.3 Å². The number of imide groups is 1. The first kappa shape index (κ1) is 16.7. The van der Waals surface area contributed by atoms with E-state index in [9.17, 15) is 19.7 Å². The number of nitrogens with zero attached hydrogens (tertiary/aromatic N) is 3. The van der Waals surface area contributed by atoms with Crippen molar-refractivity contribution in [3.05, 3.63) is 64.2 Å². The fourth-order valence-corrected chi connectivity index (χ4v) is 3.22. The minimum Gasteiger partial charge on any atom is -0.495 e. The second-order valence-electron chi connectivity index (χ2n) is 5.97. The number of anilines is 1. The summed E-state index contributed by atoms with van der Waals surface area (Å²) in [6.07, 6.45) is -1.06. The number of hydrogen-bond donors (Lipinski definition) is 0. The van der Waals surface area contributed by atoms with Crippen molar-refractivity contribution in [1.82, 2.24) is 0 Å². The van der Waals surface area contributed by atoms with Gasteiger partial charge in [0, 0.05) is 17.7 Å². The number of non-ortho nitro benzene ring substituents is 1. The first-order valence-corrected chi connectivity index (χ1v) is 8.02. The summed E-state index contributed by atoms with van der Waals surface area (Å²) in [6, 6.07) is 12.3. The third-order valence-electron chi connectivity index (χ3n) is 4.51. The van der Waals surface area contributed by atoms with E-state index in [2.05, 4.69) is 5.16 Å². The summed E-state index contributed by atoms with van der Waals surface area (Å²) in [4.78, 5) is 42.3. The number of carbonyl (C=O) groups excluding carboxylic acids is 2. The standard InChI is InChI=1S/C18H13N3O6/c1-26-13-5-3-2-4-12(13)20-17(22)14-15(19-27-16(14)18(20)23)10-6-8-11(9-7-10)21(24)25/h2-9,14,16H,1H3/t14-,16+/m1/s1. The van der Waals surface area contributed by atoms with Gasteiger partial charge in [-0.2, -0.15) is 0 Å². The molecule has 9 heteroatoms. The topological polar surface area (TPSA) is 111 Å². The number of oxime groups is 1. The highest BCUT2D eigenvalue weighted by atomic mass is 16.7. The van der Waals surface area contributed by atoms with Gasteiger partial charge >= 0.3 is 0 Å². The summed E-state index contributed by atoms with van der Waals surface area (Å²) in [5.74, 6) is -1.55. The van der Waals surface area contributed by atoms with E-state index < -0.39 is 28.8 Å². The van der Waals surface area contributed by atoms with E-state index >= 15 is 0 Å². The van der Waals surface area contributed by atoms with Gasteiger partial charge in [0.1, 0.15) is 17.4 Å². The van der Waals surface area contributed by atoms with Crippen LogP contribution in [0.2, 0.25) is 0 Å². The highest BCUT2D eigenvalue weighted by molar-refractivity contribution is 6.32. The number of para-hydroxylation sites is 2. The number of fused-ring (bicyclic) bond motifs is 1. The Morgan fingerprint density at radius 3 is 2.48 bits per heavy atom. The maximum absolute atomic E-state index is 13.0. The molecule has 0 bridgehead atoms. The Kier molecular flexibility index (Phi) is 3.84. The number of carbonyl (C=O) groups is 2. The molecule has 2 aliphatic heterocycles. The predicted octanol–water partition coefficient (Wildman–Crippen LogP) is 1.90. The van der Waals surface area contributed by atoms with E-state index in [-0.39, 0.29) is 11.4 Å². The second-order valence-corrected chi connectivity index (χ2v) is 5.97. The van der Waals surface area contributed by atoms with E-state index in [1.807, 2.05) is 0 Å². The molecule has 0 aliphatic carbocycles. The highest BCUT2D eigenvalue weighted by Crippen LogP contribution is 2.38. The molecule has 0 unspecified atom stereocenters. The lowest BCUT2D eigenvalue weighted by Gasteiger charge is -2.18. The van der Waals surface area contributed by atoms with Crippen molar-refractivity contribution in [3.63, 3.8) is 0 Å². The van der Waals surface area contributed by atoms with Gasteiger partial charge in [0.25, 0.3) is 11.6 Å². The quantitative estimate of drug-likeness (QED) is 0.463. The van der Waals surface area contributed by atoms with Crippen molar-refractivity contribution >= 4 is 28.9 Å². The number of nitro benzene ring substituents is 1. The number of ether oxygens (including phenoxy) is 1. The van der Waals surface area contributed by atoms with Crippen LogP contribution in [-0.4, -0.2) is 35.7 Å². The van der Waals surface area contributed by atoms with Crippen molar-refractivity contribution in [2.45, 2.75) is 6.10 Å². The van der Waals surface area contributed by atoms with Gasteiger partial charge in [-0.25, -0.2) is 4.90 Å². The normalized spacial score (nSPS) is 20.9. The molecule has 2 amide bonds. The zero-order valence-corrected chi connectivity index (χ0v) is 14.1. The van der Waals surface area contributed by atoms with Crippen LogP contribution in [0.5, 0.6) is 5.75 Å². The number of amides is 2. The molecule has 9 nitrogen and oxygen atoms in total. The van der Waals surface area contributed by atoms with Gasteiger partial charge in [-0.15, -0.1) is 0 Å². The van der Waals surface area contributed by atoms with Crippen LogP contribution in [0.15, 0.2) is 53.7 Å². The van der Waals surface area contributed by atoms with Gasteiger partial charge in [-0.3, -0.25) is 19.7 Å². The zero-order valence-electron chi connectivity index (χ0n) is 14.1. The SMILES string of the molecule is COc1ccccc1N1C(=O)[C@@H]2C(c3ccc([N+](=O)[O-])cc3)=NO[C@@H]2C1=O. The Labute approximate surface area is 152 Å². The van der Waals surface area contributed by atoms with Crippen LogP contribution in [0, 0.1) is 16.0 Å². The second kappa shape index (κ2) is 6.20. The van der Waals surface area contributed by atoms with Crippen LogP contribution in [0.25, 0.3) is 0 Å². The average molecular weight is 367 g/mol. The molecule has 0 aromatic heterocycles. The average Bonchev–Trinajstić information content (AvgIpc) is 3.22. The van der Waals surface area contributed by atoms with E-state index in [4.69, 9.17) is 9.57 Å². The monoisotopic (exact) mass is 367 g/mol. The highest BCUT2D eigenvalue weighted by Gasteiger charge is 2.56. The van der Waals surface area contributed by atoms with Crippen LogP contribution in [0.3, 0.4) is 0 Å². The van der Waals surface area contributed by atoms with Crippen LogP contribution in [-0.2, 0) is 14.4 Å². The van der Waals surface area contributed by atoms with Crippen LogP contribution in [0.1, 0.15) is 5.56 Å². The zero-order chi connectivity index (χ0) is 19.1. The van der Waals surface area contributed by atoms with Crippen LogP contribution >= 0.6 is 0 Å². The lowest BCUT2D eigenvalue weighted by atomic mass is 9.94. The molecule has 1 fully saturated rings. The van der Waals surface area contributed by atoms with Crippen molar-refractivity contribution in [2.24, 2.45) is 11.1 Å². The molecule has 2 heterocycles. The van der Waals surface area contributed by atoms with Crippen LogP contribution < -0.4 is 9.64 Å². The van der Waals surface area contributed by atoms with Gasteiger partial charge in [0.15, 0.2) is 0 Å². The van der Waals surface area contributed by atoms with Crippen molar-refractivity contribution in [1.29, 1.82) is 0 Å². The molecule has 1 saturated heterocycles. The molecule has 27 heavy (non-hydrogen) atoms. The molecular weight excluding hydrogens is 354 g/mol. The molecule has 2 atom stereocenters. The van der Waals surface area contributed by atoms with Gasteiger partial charge in [0.05, 0.1) is 17.7 Å². The Hall–Kier alpha value is -3.75. The Bertz CT molecular complexity index is 985. The predicted molar refractivity (Wildman–Crippen MR) is 93.5 cm³/mol. The first-order chi connectivity index (χ1) is 13.0. The maximum Gasteiger partial charge on any atom is 0.279 e. The molecule has 136 valence electrons. The minimum atomic E-state index is -1.06. The molecule has 4 rings (SSSR count). The van der Waals surface area contributed by atoms with E-state index in [1.165, 1.54) is 31.4 Å². The number of benzene rings is 2. The third kappa shape index (κ3) is 2.51. The number of methoxy groups -OCH3 is 1. The van der Waals surface area contributed by atoms with Gasteiger partial charge in [0.2, 0.25) is 12.0 Å². The van der Waals surface area contributed by atoms with Crippen molar-refractivity contribution in [2.75, 3.05) is 12.0 Å². The largest absolute Gasteiger partial charge is 0.495 e. The summed E-state index contributed by atoms with van der Waals surface area (Å²) in [5, 5.41) is 14.7. The van der Waals surface area contributed by atoms with E-state index in [0.717, 1.165) is 4.90 Å². The first-order valence-electron chi connectivity index (χ1n) is 8.02. The van der Waals surface area contributed by atoms with Crippen LogP contribution in [0.4, 0.5) is 11.4 Å². The number of rotatable bonds is 4.